The van der Waals surface area contributed by atoms with Crippen LogP contribution in [0.1, 0.15) is 89.6 Å². The number of ketones is 4. The van der Waals surface area contributed by atoms with Crippen molar-refractivity contribution in [3.05, 3.63) is 52.0 Å². The molecule has 3 aliphatic carbocycles. The van der Waals surface area contributed by atoms with E-state index in [0.717, 1.165) is 6.92 Å². The Labute approximate surface area is 228 Å². The van der Waals surface area contributed by atoms with Gasteiger partial charge in [-0.1, -0.05) is 53.7 Å². The summed E-state index contributed by atoms with van der Waals surface area (Å²) in [5.74, 6) is -7.45. The number of Topliss-reactive ketones (excluding diaryl/α,β-unsaturated/α-hetero) is 4. The van der Waals surface area contributed by atoms with Crippen molar-refractivity contribution in [2.45, 2.75) is 79.2 Å². The molecule has 0 saturated carbocycles. The molecule has 3 aliphatic rings. The van der Waals surface area contributed by atoms with Gasteiger partial charge >= 0.3 is 0 Å². The maximum absolute atomic E-state index is 14.1. The normalized spacial score (nSPS) is 34.1. The van der Waals surface area contributed by atoms with Crippen LogP contribution in [0.15, 0.2) is 40.9 Å². The highest BCUT2D eigenvalue weighted by Gasteiger charge is 2.75. The maximum atomic E-state index is 14.1. The standard InChI is InChI=1S/C31H38O8/c1-8-10-17(33)13-20-29(6)15(4)18-11-9-12-19(34)22(18)26(36)24(29)28(38)31(39)27(37)21(16(5)32)25(35)23(14(2)3)30(20,31)7/h9,11-12,14-15,20,23,34-35,38-39H,8,10,13H2,1-7H3/t15-,20-,23?,29-,30-,31+/m1/s1. The van der Waals surface area contributed by atoms with Crippen molar-refractivity contribution in [2.24, 2.45) is 28.6 Å². The first-order valence-electron chi connectivity index (χ1n) is 13.6. The first-order chi connectivity index (χ1) is 18.0. The minimum atomic E-state index is -2.78. The molecular formula is C31H38O8. The lowest BCUT2D eigenvalue weighted by atomic mass is 9.38. The number of fused-ring (bicyclic) bond motifs is 3. The van der Waals surface area contributed by atoms with Crippen molar-refractivity contribution in [2.75, 3.05) is 0 Å². The van der Waals surface area contributed by atoms with Gasteiger partial charge in [-0.25, -0.2) is 0 Å². The Bertz CT molecular complexity index is 1370. The van der Waals surface area contributed by atoms with Crippen molar-refractivity contribution in [1.82, 2.24) is 0 Å². The van der Waals surface area contributed by atoms with Crippen LogP contribution in [0.2, 0.25) is 0 Å². The van der Waals surface area contributed by atoms with E-state index in [0.29, 0.717) is 12.0 Å². The van der Waals surface area contributed by atoms with E-state index < -0.39 is 74.5 Å². The summed E-state index contributed by atoms with van der Waals surface area (Å²) in [7, 11) is 0. The van der Waals surface area contributed by atoms with Gasteiger partial charge in [0.05, 0.1) is 5.56 Å². The third-order valence-corrected chi connectivity index (χ3v) is 9.97. The molecule has 0 saturated heterocycles. The van der Waals surface area contributed by atoms with Gasteiger partial charge in [-0.2, -0.15) is 0 Å². The summed E-state index contributed by atoms with van der Waals surface area (Å²) in [6.07, 6.45) is 0.659. The van der Waals surface area contributed by atoms with Gasteiger partial charge in [0.1, 0.15) is 28.6 Å². The minimum absolute atomic E-state index is 0.0382. The van der Waals surface area contributed by atoms with Gasteiger partial charge in [0.2, 0.25) is 5.78 Å². The van der Waals surface area contributed by atoms with Crippen LogP contribution in [-0.2, 0) is 14.4 Å². The quantitative estimate of drug-likeness (QED) is 0.374. The second-order valence-electron chi connectivity index (χ2n) is 12.2. The molecule has 1 aromatic rings. The zero-order valence-electron chi connectivity index (χ0n) is 23.6. The van der Waals surface area contributed by atoms with Gasteiger partial charge in [0.25, 0.3) is 0 Å². The Morgan fingerprint density at radius 3 is 2.23 bits per heavy atom. The van der Waals surface area contributed by atoms with E-state index in [2.05, 4.69) is 0 Å². The predicted octanol–water partition coefficient (Wildman–Crippen LogP) is 4.89. The van der Waals surface area contributed by atoms with Crippen molar-refractivity contribution in [3.8, 4) is 5.75 Å². The molecule has 0 fully saturated rings. The molecule has 1 aromatic carbocycles. The SMILES string of the molecule is CCCC(=O)C[C@@H]1[C@]2(C)C(=C(O)[C@@]3(O)C(=O)C(C(C)=O)=C(O)C(C(C)C)[C@@]13C)C(=O)c1c(O)cccc1[C@H]2C. The Hall–Kier alpha value is -3.26. The van der Waals surface area contributed by atoms with Crippen molar-refractivity contribution < 1.29 is 39.6 Å². The van der Waals surface area contributed by atoms with Gasteiger partial charge in [0, 0.05) is 35.2 Å². The van der Waals surface area contributed by atoms with E-state index in [-0.39, 0.29) is 35.5 Å². The zero-order chi connectivity index (χ0) is 29.4. The molecule has 8 heteroatoms. The second kappa shape index (κ2) is 9.15. The molecule has 0 spiro atoms. The summed E-state index contributed by atoms with van der Waals surface area (Å²) in [5, 5.41) is 46.5. The zero-order valence-corrected chi connectivity index (χ0v) is 23.6. The Balaban J connectivity index is 2.21. The number of hydrogen-bond donors (Lipinski definition) is 4. The van der Waals surface area contributed by atoms with E-state index in [4.69, 9.17) is 0 Å². The molecule has 0 bridgehead atoms. The van der Waals surface area contributed by atoms with Crippen LogP contribution in [0.25, 0.3) is 0 Å². The summed E-state index contributed by atoms with van der Waals surface area (Å²) >= 11 is 0. The van der Waals surface area contributed by atoms with Gasteiger partial charge in [-0.05, 0) is 42.7 Å². The molecule has 210 valence electrons. The lowest BCUT2D eigenvalue weighted by Gasteiger charge is -2.65. The first kappa shape index (κ1) is 28.7. The van der Waals surface area contributed by atoms with Crippen LogP contribution in [0, 0.1) is 28.6 Å². The van der Waals surface area contributed by atoms with Crippen LogP contribution in [0.3, 0.4) is 0 Å². The molecule has 0 aliphatic heterocycles. The first-order valence-corrected chi connectivity index (χ1v) is 13.6. The van der Waals surface area contributed by atoms with Crippen molar-refractivity contribution in [1.29, 1.82) is 0 Å². The highest BCUT2D eigenvalue weighted by molar-refractivity contribution is 6.25. The van der Waals surface area contributed by atoms with Crippen LogP contribution in [0.4, 0.5) is 0 Å². The van der Waals surface area contributed by atoms with Crippen LogP contribution in [0.5, 0.6) is 5.75 Å². The fourth-order valence-electron chi connectivity index (χ4n) is 8.14. The number of aliphatic hydroxyl groups is 3. The van der Waals surface area contributed by atoms with Gasteiger partial charge in [0.15, 0.2) is 17.2 Å². The molecule has 1 unspecified atom stereocenters. The fraction of sp³-hybridized carbons (Fsp3) is 0.548. The molecule has 4 N–H and O–H groups in total. The second-order valence-corrected chi connectivity index (χ2v) is 12.2. The molecule has 0 heterocycles. The largest absolute Gasteiger partial charge is 0.511 e. The predicted molar refractivity (Wildman–Crippen MR) is 143 cm³/mol. The summed E-state index contributed by atoms with van der Waals surface area (Å²) in [5.41, 5.74) is -6.14. The van der Waals surface area contributed by atoms with Gasteiger partial charge in [-0.15, -0.1) is 0 Å². The Morgan fingerprint density at radius 1 is 1.08 bits per heavy atom. The number of aliphatic hydroxyl groups excluding tert-OH is 2. The third-order valence-electron chi connectivity index (χ3n) is 9.97. The van der Waals surface area contributed by atoms with E-state index in [1.54, 1.807) is 39.8 Å². The number of rotatable bonds is 6. The monoisotopic (exact) mass is 538 g/mol. The molecule has 0 radical (unpaired) electrons. The van der Waals surface area contributed by atoms with E-state index >= 15 is 0 Å². The van der Waals surface area contributed by atoms with Crippen LogP contribution >= 0.6 is 0 Å². The number of phenolic OH excluding ortho intramolecular Hbond substituents is 1. The molecule has 4 rings (SSSR count). The van der Waals surface area contributed by atoms with Gasteiger partial charge in [-0.3, -0.25) is 19.2 Å². The van der Waals surface area contributed by atoms with Crippen molar-refractivity contribution >= 4 is 23.1 Å². The summed E-state index contributed by atoms with van der Waals surface area (Å²) in [6.45, 7) is 11.6. The lowest BCUT2D eigenvalue weighted by molar-refractivity contribution is -0.193. The minimum Gasteiger partial charge on any atom is -0.511 e. The molecule has 0 aromatic heterocycles. The average molecular weight is 539 g/mol. The average Bonchev–Trinajstić information content (AvgIpc) is 2.83. The highest BCUT2D eigenvalue weighted by atomic mass is 16.3. The van der Waals surface area contributed by atoms with Gasteiger partial charge < -0.3 is 20.4 Å². The number of phenols is 1. The third kappa shape index (κ3) is 3.39. The number of carbonyl (C=O) groups is 4. The van der Waals surface area contributed by atoms with Crippen LogP contribution in [-0.4, -0.2) is 49.2 Å². The number of carbonyl (C=O) groups excluding carboxylic acids is 4. The molecule has 8 nitrogen and oxygen atoms in total. The number of hydrogen-bond acceptors (Lipinski definition) is 8. The topological polar surface area (TPSA) is 149 Å². The smallest absolute Gasteiger partial charge is 0.209 e. The molecule has 6 atom stereocenters. The van der Waals surface area contributed by atoms with E-state index in [9.17, 15) is 39.6 Å². The highest BCUT2D eigenvalue weighted by Crippen LogP contribution is 2.71. The molecule has 0 amide bonds. The van der Waals surface area contributed by atoms with Crippen molar-refractivity contribution in [3.63, 3.8) is 0 Å². The summed E-state index contributed by atoms with van der Waals surface area (Å²) < 4.78 is 0. The Kier molecular flexibility index (Phi) is 6.74. The number of allylic oxidation sites excluding steroid dienone is 2. The molecule has 39 heavy (non-hydrogen) atoms. The van der Waals surface area contributed by atoms with Crippen LogP contribution < -0.4 is 0 Å². The maximum Gasteiger partial charge on any atom is 0.209 e. The fourth-order valence-corrected chi connectivity index (χ4v) is 8.14. The summed E-state index contributed by atoms with van der Waals surface area (Å²) in [6, 6.07) is 4.67. The van der Waals surface area contributed by atoms with E-state index in [1.165, 1.54) is 6.07 Å². The molecular weight excluding hydrogens is 500 g/mol. The number of aromatic hydroxyl groups is 1. The van der Waals surface area contributed by atoms with E-state index in [1.807, 2.05) is 13.8 Å². The Morgan fingerprint density at radius 2 is 1.69 bits per heavy atom. The summed E-state index contributed by atoms with van der Waals surface area (Å²) in [4.78, 5) is 54.1. The number of benzene rings is 1. The lowest BCUT2D eigenvalue weighted by Crippen LogP contribution is -2.71.